The average molecular weight is 616 g/mol. The van der Waals surface area contributed by atoms with Crippen LogP contribution in [0.4, 0.5) is 5.69 Å². The van der Waals surface area contributed by atoms with Crippen molar-refractivity contribution in [2.24, 2.45) is 0 Å². The van der Waals surface area contributed by atoms with Crippen molar-refractivity contribution < 1.29 is 4.74 Å². The zero-order chi connectivity index (χ0) is 31.8. The Morgan fingerprint density at radius 2 is 1.15 bits per heavy atom. The van der Waals surface area contributed by atoms with Crippen LogP contribution in [0.5, 0.6) is 11.5 Å². The highest BCUT2D eigenvalue weighted by Crippen LogP contribution is 2.63. The Morgan fingerprint density at radius 1 is 0.521 bits per heavy atom. The maximum atomic E-state index is 6.78. The summed E-state index contributed by atoms with van der Waals surface area (Å²) in [5.74, 6) is 2.66. The van der Waals surface area contributed by atoms with Gasteiger partial charge in [-0.25, -0.2) is 4.98 Å². The van der Waals surface area contributed by atoms with Gasteiger partial charge < -0.3 is 10.5 Å². The quantitative estimate of drug-likeness (QED) is 0.201. The van der Waals surface area contributed by atoms with E-state index >= 15 is 0 Å². The minimum absolute atomic E-state index is 0.567. The zero-order valence-corrected chi connectivity index (χ0v) is 26.0. The number of ether oxygens (including phenoxy) is 1. The molecule has 1 aliphatic carbocycles. The molecule has 2 N–H and O–H groups in total. The first-order valence-electron chi connectivity index (χ1n) is 16.3. The Kier molecular flexibility index (Phi) is 5.61. The summed E-state index contributed by atoms with van der Waals surface area (Å²) in [6.07, 6.45) is 0. The minimum Gasteiger partial charge on any atom is -0.457 e. The van der Waals surface area contributed by atoms with Crippen LogP contribution in [0.1, 0.15) is 22.3 Å². The normalized spacial score (nSPS) is 13.4. The highest BCUT2D eigenvalue weighted by Gasteiger charge is 2.51. The molecule has 2 aliphatic rings. The second-order valence-electron chi connectivity index (χ2n) is 12.5. The molecule has 8 aromatic rings. The molecule has 0 bridgehead atoms. The van der Waals surface area contributed by atoms with Crippen LogP contribution in [0.3, 0.4) is 0 Å². The number of nitrogen functional groups attached to an aromatic ring is 1. The molecule has 4 heteroatoms. The third-order valence-electron chi connectivity index (χ3n) is 10.0. The number of imidazole rings is 1. The van der Waals surface area contributed by atoms with Crippen molar-refractivity contribution in [2.75, 3.05) is 5.73 Å². The van der Waals surface area contributed by atoms with Gasteiger partial charge in [0.15, 0.2) is 0 Å². The summed E-state index contributed by atoms with van der Waals surface area (Å²) in [4.78, 5) is 5.08. The first-order valence-corrected chi connectivity index (χ1v) is 16.3. The van der Waals surface area contributed by atoms with Gasteiger partial charge in [-0.15, -0.1) is 0 Å². The summed E-state index contributed by atoms with van der Waals surface area (Å²) in [6, 6.07) is 57.5. The van der Waals surface area contributed by atoms with Gasteiger partial charge in [-0.05, 0) is 76.3 Å². The summed E-state index contributed by atoms with van der Waals surface area (Å²) in [5.41, 5.74) is 20.4. The van der Waals surface area contributed by atoms with E-state index in [1.54, 1.807) is 0 Å². The number of para-hydroxylation sites is 5. The van der Waals surface area contributed by atoms with Gasteiger partial charge in [0.2, 0.25) is 0 Å². The van der Waals surface area contributed by atoms with E-state index in [1.165, 1.54) is 11.1 Å². The predicted octanol–water partition coefficient (Wildman–Crippen LogP) is 10.4. The molecule has 7 aromatic carbocycles. The number of fused-ring (bicyclic) bond motifs is 10. The van der Waals surface area contributed by atoms with Gasteiger partial charge >= 0.3 is 0 Å². The lowest BCUT2D eigenvalue weighted by atomic mass is 9.66. The molecule has 0 amide bonds. The molecule has 1 aromatic heterocycles. The number of hydrogen-bond acceptors (Lipinski definition) is 3. The Morgan fingerprint density at radius 3 is 1.92 bits per heavy atom. The summed E-state index contributed by atoms with van der Waals surface area (Å²) in [7, 11) is 0. The Bertz CT molecular complexity index is 2500. The van der Waals surface area contributed by atoms with Crippen molar-refractivity contribution >= 4 is 16.7 Å². The summed E-state index contributed by atoms with van der Waals surface area (Å²) < 4.78 is 8.76. The number of nitrogens with two attached hydrogens (primary N) is 1. The maximum Gasteiger partial charge on any atom is 0.145 e. The fourth-order valence-electron chi connectivity index (χ4n) is 8.03. The Labute approximate surface area is 278 Å². The van der Waals surface area contributed by atoms with Gasteiger partial charge in [-0.2, -0.15) is 0 Å². The van der Waals surface area contributed by atoms with Gasteiger partial charge in [0.05, 0.1) is 16.4 Å². The average Bonchev–Trinajstić information content (AvgIpc) is 3.67. The number of hydrogen-bond donors (Lipinski definition) is 1. The molecular weight excluding hydrogens is 587 g/mol. The first-order chi connectivity index (χ1) is 23.7. The lowest BCUT2D eigenvalue weighted by molar-refractivity contribution is 0.436. The van der Waals surface area contributed by atoms with Crippen LogP contribution in [0.15, 0.2) is 164 Å². The van der Waals surface area contributed by atoms with Crippen molar-refractivity contribution in [1.82, 2.24) is 9.55 Å². The maximum absolute atomic E-state index is 6.78. The molecule has 0 unspecified atom stereocenters. The van der Waals surface area contributed by atoms with Gasteiger partial charge in [0, 0.05) is 33.6 Å². The van der Waals surface area contributed by atoms with E-state index in [-0.39, 0.29) is 0 Å². The van der Waals surface area contributed by atoms with Crippen molar-refractivity contribution in [3.05, 3.63) is 186 Å². The molecule has 0 saturated carbocycles. The number of benzene rings is 7. The van der Waals surface area contributed by atoms with Crippen LogP contribution < -0.4 is 10.5 Å². The Hall–Kier alpha value is -6.39. The van der Waals surface area contributed by atoms with Crippen molar-refractivity contribution in [3.63, 3.8) is 0 Å². The first kappa shape index (κ1) is 26.8. The second kappa shape index (κ2) is 10.1. The number of rotatable bonds is 3. The third-order valence-corrected chi connectivity index (χ3v) is 10.0. The number of aromatic nitrogens is 2. The second-order valence-corrected chi connectivity index (χ2v) is 12.5. The van der Waals surface area contributed by atoms with E-state index in [2.05, 4.69) is 138 Å². The van der Waals surface area contributed by atoms with E-state index in [1.807, 2.05) is 30.3 Å². The summed E-state index contributed by atoms with van der Waals surface area (Å²) in [5, 5.41) is 0. The molecule has 1 spiro atoms. The molecule has 0 radical (unpaired) electrons. The fraction of sp³-hybridized carbons (Fsp3) is 0.0227. The van der Waals surface area contributed by atoms with E-state index in [0.717, 1.165) is 78.7 Å². The van der Waals surface area contributed by atoms with Gasteiger partial charge in [-0.1, -0.05) is 115 Å². The van der Waals surface area contributed by atoms with Crippen molar-refractivity contribution in [1.29, 1.82) is 0 Å². The molecule has 0 saturated heterocycles. The molecular formula is C44H29N3O. The van der Waals surface area contributed by atoms with Gasteiger partial charge in [0.1, 0.15) is 17.3 Å². The smallest absolute Gasteiger partial charge is 0.145 e. The summed E-state index contributed by atoms with van der Waals surface area (Å²) in [6.45, 7) is 0. The number of anilines is 1. The lowest BCUT2D eigenvalue weighted by Crippen LogP contribution is -2.32. The number of nitrogens with zero attached hydrogens (tertiary/aromatic N) is 2. The van der Waals surface area contributed by atoms with Gasteiger partial charge in [-0.3, -0.25) is 4.57 Å². The van der Waals surface area contributed by atoms with Crippen molar-refractivity contribution in [3.8, 4) is 50.8 Å². The standard InChI is InChI=1S/C44H29N3O/c45-37-16-10-15-35-42(37)32-26-25-30(27-36(32)44(35)33-13-4-8-19-40(33)48-41-20-9-5-14-34(41)44)28-21-23-29(24-22-28)43-46-38-17-6-7-18-39(38)47(43)31-11-2-1-3-12-31/h1-27H,45H2. The highest BCUT2D eigenvalue weighted by molar-refractivity contribution is 5.95. The van der Waals surface area contributed by atoms with Crippen LogP contribution in [-0.4, -0.2) is 9.55 Å². The molecule has 0 fully saturated rings. The third kappa shape index (κ3) is 3.63. The molecule has 0 atom stereocenters. The molecule has 4 nitrogen and oxygen atoms in total. The summed E-state index contributed by atoms with van der Waals surface area (Å²) >= 11 is 0. The van der Waals surface area contributed by atoms with E-state index in [9.17, 15) is 0 Å². The molecule has 2 heterocycles. The molecule has 226 valence electrons. The van der Waals surface area contributed by atoms with Crippen LogP contribution in [-0.2, 0) is 5.41 Å². The molecule has 48 heavy (non-hydrogen) atoms. The topological polar surface area (TPSA) is 53.1 Å². The van der Waals surface area contributed by atoms with E-state index < -0.39 is 5.41 Å². The van der Waals surface area contributed by atoms with Crippen LogP contribution in [0.25, 0.3) is 50.4 Å². The Balaban J connectivity index is 1.16. The van der Waals surface area contributed by atoms with Crippen LogP contribution in [0.2, 0.25) is 0 Å². The largest absolute Gasteiger partial charge is 0.457 e. The highest BCUT2D eigenvalue weighted by atomic mass is 16.5. The monoisotopic (exact) mass is 615 g/mol. The predicted molar refractivity (Wildman–Crippen MR) is 194 cm³/mol. The van der Waals surface area contributed by atoms with Crippen molar-refractivity contribution in [2.45, 2.75) is 5.41 Å². The van der Waals surface area contributed by atoms with Crippen LogP contribution >= 0.6 is 0 Å². The van der Waals surface area contributed by atoms with Crippen LogP contribution in [0, 0.1) is 0 Å². The van der Waals surface area contributed by atoms with Gasteiger partial charge in [0.25, 0.3) is 0 Å². The fourth-order valence-corrected chi connectivity index (χ4v) is 8.03. The molecule has 10 rings (SSSR count). The zero-order valence-electron chi connectivity index (χ0n) is 26.0. The van der Waals surface area contributed by atoms with E-state index in [4.69, 9.17) is 15.5 Å². The van der Waals surface area contributed by atoms with E-state index in [0.29, 0.717) is 0 Å². The minimum atomic E-state index is -0.567. The molecule has 1 aliphatic heterocycles. The SMILES string of the molecule is Nc1cccc2c1-c1ccc(-c3ccc(-c4nc5ccccc5n4-c4ccccc4)cc3)cc1C21c2ccccc2Oc2ccccc21. The lowest BCUT2D eigenvalue weighted by Gasteiger charge is -2.39.